The lowest BCUT2D eigenvalue weighted by atomic mass is 10.0. The van der Waals surface area contributed by atoms with Crippen LogP contribution in [0.5, 0.6) is 0 Å². The van der Waals surface area contributed by atoms with Gasteiger partial charge >= 0.3 is 0 Å². The van der Waals surface area contributed by atoms with Crippen molar-refractivity contribution >= 4 is 10.1 Å². The fraction of sp³-hybridized carbons (Fsp3) is 1.00. The quantitative estimate of drug-likeness (QED) is 0.690. The topological polar surface area (TPSA) is 80.3 Å². The van der Waals surface area contributed by atoms with Crippen LogP contribution >= 0.6 is 0 Å². The lowest BCUT2D eigenvalue weighted by Gasteiger charge is -2.39. The predicted molar refractivity (Wildman–Crippen MR) is 64.9 cm³/mol. The summed E-state index contributed by atoms with van der Waals surface area (Å²) in [5.41, 5.74) is 0. The Balaban J connectivity index is 2.25. The smallest absolute Gasteiger partial charge is 0.264 e. The van der Waals surface area contributed by atoms with Crippen molar-refractivity contribution in [2.45, 2.75) is 57.3 Å². The summed E-state index contributed by atoms with van der Waals surface area (Å²) in [7, 11) is -2.11. The highest BCUT2D eigenvalue weighted by molar-refractivity contribution is 7.86. The van der Waals surface area contributed by atoms with Gasteiger partial charge in [0.05, 0.1) is 12.4 Å². The zero-order chi connectivity index (χ0) is 14.4. The standard InChI is InChI=1S/C11H20O7S/c1-6-7(18-19(5,12)13)8-9(10(14-4)15-6)17-11(2,3)16-8/h6-10H,1-5H3/t6-,7+,8-,9-,10+/m1/s1. The molecular weight excluding hydrogens is 276 g/mol. The van der Waals surface area contributed by atoms with Gasteiger partial charge in [-0.1, -0.05) is 0 Å². The Kier molecular flexibility index (Phi) is 3.94. The molecule has 0 bridgehead atoms. The zero-order valence-electron chi connectivity index (χ0n) is 11.7. The SMILES string of the molecule is CO[C@H]1O[C@H](C)[C@H](OS(C)(=O)=O)[C@H]2OC(C)(C)O[C@@H]12. The second-order valence-corrected chi connectivity index (χ2v) is 6.88. The van der Waals surface area contributed by atoms with Crippen molar-refractivity contribution in [3.05, 3.63) is 0 Å². The van der Waals surface area contributed by atoms with Gasteiger partial charge in [-0.25, -0.2) is 0 Å². The molecule has 0 amide bonds. The van der Waals surface area contributed by atoms with Gasteiger partial charge in [0.25, 0.3) is 10.1 Å². The number of hydrogen-bond donors (Lipinski definition) is 0. The fourth-order valence-corrected chi connectivity index (χ4v) is 3.11. The molecule has 19 heavy (non-hydrogen) atoms. The van der Waals surface area contributed by atoms with Crippen LogP contribution in [0.25, 0.3) is 0 Å². The molecule has 7 nitrogen and oxygen atoms in total. The molecule has 5 atom stereocenters. The summed E-state index contributed by atoms with van der Waals surface area (Å²) in [5, 5.41) is 0. The van der Waals surface area contributed by atoms with E-state index in [1.807, 2.05) is 0 Å². The van der Waals surface area contributed by atoms with Crippen LogP contribution in [-0.2, 0) is 33.2 Å². The molecule has 2 rings (SSSR count). The number of fused-ring (bicyclic) bond motifs is 1. The highest BCUT2D eigenvalue weighted by atomic mass is 32.2. The van der Waals surface area contributed by atoms with E-state index >= 15 is 0 Å². The average molecular weight is 296 g/mol. The van der Waals surface area contributed by atoms with E-state index in [4.69, 9.17) is 23.1 Å². The summed E-state index contributed by atoms with van der Waals surface area (Å²) >= 11 is 0. The molecular formula is C11H20O7S. The maximum Gasteiger partial charge on any atom is 0.264 e. The van der Waals surface area contributed by atoms with Crippen LogP contribution in [0, 0.1) is 0 Å². The molecule has 0 aromatic heterocycles. The molecule has 0 spiro atoms. The third-order valence-corrected chi connectivity index (χ3v) is 3.66. The Bertz CT molecular complexity index is 432. The van der Waals surface area contributed by atoms with Crippen LogP contribution in [0.2, 0.25) is 0 Å². The van der Waals surface area contributed by atoms with Crippen LogP contribution in [0.3, 0.4) is 0 Å². The number of hydrogen-bond acceptors (Lipinski definition) is 7. The molecule has 2 aliphatic heterocycles. The largest absolute Gasteiger partial charge is 0.353 e. The fourth-order valence-electron chi connectivity index (χ4n) is 2.44. The molecule has 0 unspecified atom stereocenters. The summed E-state index contributed by atoms with van der Waals surface area (Å²) < 4.78 is 50.0. The van der Waals surface area contributed by atoms with E-state index in [1.54, 1.807) is 20.8 Å². The van der Waals surface area contributed by atoms with Gasteiger partial charge in [0.15, 0.2) is 12.1 Å². The number of methoxy groups -OCH3 is 1. The van der Waals surface area contributed by atoms with E-state index in [9.17, 15) is 8.42 Å². The molecule has 112 valence electrons. The highest BCUT2D eigenvalue weighted by Gasteiger charge is 2.55. The Morgan fingerprint density at radius 3 is 2.26 bits per heavy atom. The third-order valence-electron chi connectivity index (χ3n) is 3.09. The first-order chi connectivity index (χ1) is 8.63. The molecule has 8 heteroatoms. The number of rotatable bonds is 3. The van der Waals surface area contributed by atoms with Crippen LogP contribution in [0.4, 0.5) is 0 Å². The molecule has 2 aliphatic rings. The summed E-state index contributed by atoms with van der Waals surface area (Å²) in [5.74, 6) is -0.835. The van der Waals surface area contributed by atoms with Crippen molar-refractivity contribution in [1.82, 2.24) is 0 Å². The second kappa shape index (κ2) is 4.94. The summed E-state index contributed by atoms with van der Waals surface area (Å²) in [6.07, 6.45) is -1.94. The first kappa shape index (κ1) is 15.1. The van der Waals surface area contributed by atoms with E-state index in [0.29, 0.717) is 0 Å². The van der Waals surface area contributed by atoms with Gasteiger partial charge in [-0.05, 0) is 20.8 Å². The van der Waals surface area contributed by atoms with Crippen molar-refractivity contribution in [2.24, 2.45) is 0 Å². The van der Waals surface area contributed by atoms with Gasteiger partial charge in [0.2, 0.25) is 0 Å². The van der Waals surface area contributed by atoms with E-state index < -0.39 is 46.6 Å². The molecule has 2 heterocycles. The second-order valence-electron chi connectivity index (χ2n) is 5.28. The lowest BCUT2D eigenvalue weighted by Crippen LogP contribution is -2.57. The van der Waals surface area contributed by atoms with Gasteiger partial charge in [-0.15, -0.1) is 0 Å². The molecule has 0 aromatic rings. The molecule has 2 saturated heterocycles. The first-order valence-corrected chi connectivity index (χ1v) is 7.87. The summed E-state index contributed by atoms with van der Waals surface area (Å²) in [6, 6.07) is 0. The monoisotopic (exact) mass is 296 g/mol. The van der Waals surface area contributed by atoms with Crippen molar-refractivity contribution in [2.75, 3.05) is 13.4 Å². The zero-order valence-corrected chi connectivity index (χ0v) is 12.5. The van der Waals surface area contributed by atoms with Gasteiger partial charge in [-0.2, -0.15) is 8.42 Å². The average Bonchev–Trinajstić information content (AvgIpc) is 2.56. The molecule has 0 saturated carbocycles. The maximum atomic E-state index is 11.3. The van der Waals surface area contributed by atoms with Gasteiger partial charge in [-0.3, -0.25) is 4.18 Å². The first-order valence-electron chi connectivity index (χ1n) is 6.05. The van der Waals surface area contributed by atoms with Crippen LogP contribution in [-0.4, -0.2) is 58.3 Å². The minimum Gasteiger partial charge on any atom is -0.353 e. The van der Waals surface area contributed by atoms with Gasteiger partial charge < -0.3 is 18.9 Å². The Morgan fingerprint density at radius 1 is 1.16 bits per heavy atom. The minimum atomic E-state index is -3.61. The van der Waals surface area contributed by atoms with Crippen LogP contribution < -0.4 is 0 Å². The van der Waals surface area contributed by atoms with Crippen molar-refractivity contribution in [1.29, 1.82) is 0 Å². The molecule has 2 fully saturated rings. The van der Waals surface area contributed by atoms with E-state index in [1.165, 1.54) is 7.11 Å². The molecule has 0 aliphatic carbocycles. The Morgan fingerprint density at radius 2 is 1.74 bits per heavy atom. The summed E-state index contributed by atoms with van der Waals surface area (Å²) in [4.78, 5) is 0. The predicted octanol–water partition coefficient (Wildman–Crippen LogP) is 0.243. The molecule has 0 radical (unpaired) electrons. The minimum absolute atomic E-state index is 0.488. The van der Waals surface area contributed by atoms with Crippen LogP contribution in [0.15, 0.2) is 0 Å². The van der Waals surface area contributed by atoms with Crippen molar-refractivity contribution in [3.63, 3.8) is 0 Å². The lowest BCUT2D eigenvalue weighted by molar-refractivity contribution is -0.258. The van der Waals surface area contributed by atoms with Crippen LogP contribution in [0.1, 0.15) is 20.8 Å². The van der Waals surface area contributed by atoms with Gasteiger partial charge in [0, 0.05) is 7.11 Å². The maximum absolute atomic E-state index is 11.3. The Hall–Kier alpha value is -0.250. The van der Waals surface area contributed by atoms with Crippen molar-refractivity contribution < 1.29 is 31.5 Å². The van der Waals surface area contributed by atoms with Gasteiger partial charge in [0.1, 0.15) is 18.3 Å². The van der Waals surface area contributed by atoms with E-state index in [0.717, 1.165) is 6.26 Å². The van der Waals surface area contributed by atoms with E-state index in [2.05, 4.69) is 0 Å². The molecule has 0 N–H and O–H groups in total. The van der Waals surface area contributed by atoms with E-state index in [-0.39, 0.29) is 0 Å². The Labute approximate surface area is 113 Å². The molecule has 0 aromatic carbocycles. The summed E-state index contributed by atoms with van der Waals surface area (Å²) in [6.45, 7) is 5.22. The van der Waals surface area contributed by atoms with Crippen molar-refractivity contribution in [3.8, 4) is 0 Å². The third kappa shape index (κ3) is 3.26. The normalized spacial score (nSPS) is 42.1. The highest BCUT2D eigenvalue weighted by Crippen LogP contribution is 2.39. The number of ether oxygens (including phenoxy) is 4.